The fraction of sp³-hybridized carbons (Fsp3) is 0.300. The maximum absolute atomic E-state index is 13.9. The van der Waals surface area contributed by atoms with E-state index in [1.54, 1.807) is 0 Å². The van der Waals surface area contributed by atoms with Gasteiger partial charge in [0.2, 0.25) is 10.0 Å². The lowest BCUT2D eigenvalue weighted by atomic mass is 10.1. The van der Waals surface area contributed by atoms with Crippen LogP contribution in [0.4, 0.5) is 4.39 Å². The van der Waals surface area contributed by atoms with Crippen LogP contribution in [0.3, 0.4) is 0 Å². The predicted molar refractivity (Wildman–Crippen MR) is 105 cm³/mol. The van der Waals surface area contributed by atoms with Crippen LogP contribution in [0, 0.1) is 12.7 Å². The molecule has 0 atom stereocenters. The zero-order valence-electron chi connectivity index (χ0n) is 16.2. The number of aryl methyl sites for hydroxylation is 1. The Hall–Kier alpha value is -2.78. The maximum atomic E-state index is 13.9. The Morgan fingerprint density at radius 1 is 1.14 bits per heavy atom. The number of hydrogen-bond acceptors (Lipinski definition) is 5. The van der Waals surface area contributed by atoms with E-state index in [2.05, 4.69) is 0 Å². The van der Waals surface area contributed by atoms with Crippen molar-refractivity contribution >= 4 is 21.9 Å². The van der Waals surface area contributed by atoms with E-state index >= 15 is 0 Å². The predicted octanol–water partition coefficient (Wildman–Crippen LogP) is 2.38. The third-order valence-electron chi connectivity index (χ3n) is 4.15. The van der Waals surface area contributed by atoms with Crippen molar-refractivity contribution in [1.29, 1.82) is 0 Å². The highest BCUT2D eigenvalue weighted by molar-refractivity contribution is 7.89. The Morgan fingerprint density at radius 3 is 2.38 bits per heavy atom. The Morgan fingerprint density at radius 2 is 1.79 bits per heavy atom. The molecule has 0 bridgehead atoms. The zero-order valence-corrected chi connectivity index (χ0v) is 17.0. The van der Waals surface area contributed by atoms with Crippen LogP contribution >= 0.6 is 0 Å². The number of benzene rings is 2. The number of primary sulfonamides is 1. The van der Waals surface area contributed by atoms with E-state index in [1.807, 2.05) is 38.1 Å². The first-order chi connectivity index (χ1) is 13.6. The molecular formula is C20H23FN2O5S. The molecule has 0 saturated heterocycles. The lowest BCUT2D eigenvalue weighted by molar-refractivity contribution is -0.135. The molecule has 0 unspecified atom stereocenters. The van der Waals surface area contributed by atoms with Gasteiger partial charge in [-0.25, -0.2) is 22.7 Å². The van der Waals surface area contributed by atoms with Crippen molar-refractivity contribution < 1.29 is 27.1 Å². The number of ether oxygens (including phenoxy) is 1. The average Bonchev–Trinajstić information content (AvgIpc) is 2.66. The molecule has 0 aromatic heterocycles. The molecule has 1 amide bonds. The molecule has 9 heteroatoms. The van der Waals surface area contributed by atoms with Crippen LogP contribution in [0.25, 0.3) is 0 Å². The molecule has 0 saturated carbocycles. The maximum Gasteiger partial charge on any atom is 0.341 e. The number of amides is 1. The summed E-state index contributed by atoms with van der Waals surface area (Å²) in [5.74, 6) is -2.56. The standard InChI is InChI=1S/C20H23FN2O5S/c1-3-10-23(12-15-6-4-14(2)5-7-15)19(24)13-28-20(25)17-11-16(29(22,26)27)8-9-18(17)21/h4-9,11H,3,10,12-13H2,1-2H3,(H2,22,26,27). The van der Waals surface area contributed by atoms with Gasteiger partial charge in [-0.2, -0.15) is 0 Å². The molecule has 0 radical (unpaired) electrons. The van der Waals surface area contributed by atoms with Crippen molar-refractivity contribution in [2.75, 3.05) is 13.2 Å². The minimum Gasteiger partial charge on any atom is -0.452 e. The van der Waals surface area contributed by atoms with Gasteiger partial charge in [-0.1, -0.05) is 36.8 Å². The number of rotatable bonds is 8. The fourth-order valence-corrected chi connectivity index (χ4v) is 3.15. The van der Waals surface area contributed by atoms with E-state index in [0.717, 1.165) is 29.3 Å². The minimum absolute atomic E-state index is 0.347. The van der Waals surface area contributed by atoms with Crippen molar-refractivity contribution in [1.82, 2.24) is 4.90 Å². The first kappa shape index (κ1) is 22.5. The molecule has 0 aliphatic rings. The largest absolute Gasteiger partial charge is 0.452 e. The van der Waals surface area contributed by atoms with Gasteiger partial charge in [0.25, 0.3) is 5.91 Å². The van der Waals surface area contributed by atoms with Crippen LogP contribution < -0.4 is 5.14 Å². The summed E-state index contributed by atoms with van der Waals surface area (Å²) < 4.78 is 41.6. The highest BCUT2D eigenvalue weighted by Gasteiger charge is 2.20. The summed E-state index contributed by atoms with van der Waals surface area (Å²) in [5, 5.41) is 4.99. The highest BCUT2D eigenvalue weighted by atomic mass is 32.2. The summed E-state index contributed by atoms with van der Waals surface area (Å²) in [5.41, 5.74) is 1.42. The second kappa shape index (κ2) is 9.62. The van der Waals surface area contributed by atoms with Crippen LogP contribution in [0.5, 0.6) is 0 Å². The third-order valence-corrected chi connectivity index (χ3v) is 5.06. The van der Waals surface area contributed by atoms with Crippen molar-refractivity contribution in [2.24, 2.45) is 5.14 Å². The van der Waals surface area contributed by atoms with E-state index < -0.39 is 44.8 Å². The minimum atomic E-state index is -4.11. The van der Waals surface area contributed by atoms with Crippen molar-refractivity contribution in [3.8, 4) is 0 Å². The van der Waals surface area contributed by atoms with Gasteiger partial charge in [0.05, 0.1) is 10.5 Å². The summed E-state index contributed by atoms with van der Waals surface area (Å²) in [4.78, 5) is 25.8. The van der Waals surface area contributed by atoms with E-state index in [4.69, 9.17) is 9.88 Å². The Balaban J connectivity index is 2.07. The van der Waals surface area contributed by atoms with Gasteiger partial charge in [0.15, 0.2) is 6.61 Å². The summed E-state index contributed by atoms with van der Waals surface area (Å²) in [6.45, 7) is 4.08. The third kappa shape index (κ3) is 6.37. The summed E-state index contributed by atoms with van der Waals surface area (Å²) in [6.07, 6.45) is 0.705. The monoisotopic (exact) mass is 422 g/mol. The number of sulfonamides is 1. The average molecular weight is 422 g/mol. The molecule has 0 heterocycles. The van der Waals surface area contributed by atoms with Gasteiger partial charge in [-0.05, 0) is 37.1 Å². The summed E-state index contributed by atoms with van der Waals surface area (Å²) >= 11 is 0. The molecule has 7 nitrogen and oxygen atoms in total. The first-order valence-electron chi connectivity index (χ1n) is 8.94. The van der Waals surface area contributed by atoms with Crippen molar-refractivity contribution in [2.45, 2.75) is 31.7 Å². The lowest BCUT2D eigenvalue weighted by Crippen LogP contribution is -2.35. The Kier molecular flexibility index (Phi) is 7.46. The number of halogens is 1. The molecule has 2 rings (SSSR count). The quantitative estimate of drug-likeness (QED) is 0.658. The Bertz CT molecular complexity index is 990. The number of hydrogen-bond donors (Lipinski definition) is 1. The number of nitrogens with zero attached hydrogens (tertiary/aromatic N) is 1. The molecule has 2 N–H and O–H groups in total. The van der Waals surface area contributed by atoms with E-state index in [0.29, 0.717) is 19.5 Å². The topological polar surface area (TPSA) is 107 Å². The van der Waals surface area contributed by atoms with Crippen LogP contribution in [0.1, 0.15) is 34.8 Å². The molecule has 0 spiro atoms. The number of carbonyl (C=O) groups is 2. The molecule has 0 fully saturated rings. The fourth-order valence-electron chi connectivity index (χ4n) is 2.61. The van der Waals surface area contributed by atoms with Gasteiger partial charge in [0, 0.05) is 13.1 Å². The highest BCUT2D eigenvalue weighted by Crippen LogP contribution is 2.15. The van der Waals surface area contributed by atoms with Crippen LogP contribution in [-0.4, -0.2) is 38.3 Å². The lowest BCUT2D eigenvalue weighted by Gasteiger charge is -2.22. The second-order valence-corrected chi connectivity index (χ2v) is 8.13. The van der Waals surface area contributed by atoms with E-state index in [1.165, 1.54) is 4.90 Å². The normalized spacial score (nSPS) is 11.2. The van der Waals surface area contributed by atoms with E-state index in [-0.39, 0.29) is 0 Å². The second-order valence-electron chi connectivity index (χ2n) is 6.56. The molecule has 2 aromatic rings. The summed E-state index contributed by atoms with van der Waals surface area (Å²) in [6, 6.07) is 10.2. The number of esters is 1. The van der Waals surface area contributed by atoms with Gasteiger partial charge in [-0.3, -0.25) is 4.79 Å². The van der Waals surface area contributed by atoms with Gasteiger partial charge >= 0.3 is 5.97 Å². The summed E-state index contributed by atoms with van der Waals surface area (Å²) in [7, 11) is -4.11. The molecular weight excluding hydrogens is 399 g/mol. The van der Waals surface area contributed by atoms with Crippen LogP contribution in [-0.2, 0) is 26.1 Å². The van der Waals surface area contributed by atoms with Gasteiger partial charge in [0.1, 0.15) is 5.82 Å². The van der Waals surface area contributed by atoms with Gasteiger partial charge < -0.3 is 9.64 Å². The SMILES string of the molecule is CCCN(Cc1ccc(C)cc1)C(=O)COC(=O)c1cc(S(N)(=O)=O)ccc1F. The van der Waals surface area contributed by atoms with Crippen molar-refractivity contribution in [3.05, 3.63) is 65.0 Å². The number of nitrogens with two attached hydrogens (primary N) is 1. The van der Waals surface area contributed by atoms with Crippen LogP contribution in [0.2, 0.25) is 0 Å². The number of carbonyl (C=O) groups excluding carboxylic acids is 2. The molecule has 2 aromatic carbocycles. The first-order valence-corrected chi connectivity index (χ1v) is 10.5. The molecule has 29 heavy (non-hydrogen) atoms. The molecule has 156 valence electrons. The Labute approximate surface area is 169 Å². The smallest absolute Gasteiger partial charge is 0.341 e. The zero-order chi connectivity index (χ0) is 21.6. The van der Waals surface area contributed by atoms with Gasteiger partial charge in [-0.15, -0.1) is 0 Å². The van der Waals surface area contributed by atoms with Crippen LogP contribution in [0.15, 0.2) is 47.4 Å². The van der Waals surface area contributed by atoms with Crippen molar-refractivity contribution in [3.63, 3.8) is 0 Å². The molecule has 0 aliphatic carbocycles. The molecule has 0 aliphatic heterocycles. The van der Waals surface area contributed by atoms with E-state index in [9.17, 15) is 22.4 Å².